The van der Waals surface area contributed by atoms with Crippen molar-refractivity contribution in [3.05, 3.63) is 59.7 Å². The van der Waals surface area contributed by atoms with Gasteiger partial charge in [0.25, 0.3) is 5.91 Å². The lowest BCUT2D eigenvalue weighted by atomic mass is 10.1. The number of carbonyl (C=O) groups is 2. The molecule has 2 N–H and O–H groups in total. The van der Waals surface area contributed by atoms with E-state index in [9.17, 15) is 18.0 Å². The second-order valence-electron chi connectivity index (χ2n) is 7.34. The summed E-state index contributed by atoms with van der Waals surface area (Å²) < 4.78 is 31.8. The third kappa shape index (κ3) is 5.70. The van der Waals surface area contributed by atoms with Gasteiger partial charge in [-0.05, 0) is 49.2 Å². The molecule has 3 rings (SSSR count). The highest BCUT2D eigenvalue weighted by Gasteiger charge is 2.24. The lowest BCUT2D eigenvalue weighted by Gasteiger charge is -2.18. The topological polar surface area (TPSA) is 129 Å². The van der Waals surface area contributed by atoms with Crippen molar-refractivity contribution < 1.29 is 22.7 Å². The summed E-state index contributed by atoms with van der Waals surface area (Å²) in [4.78, 5) is 25.1. The molecule has 9 nitrogen and oxygen atoms in total. The molecule has 2 aromatic rings. The SMILES string of the molecule is CN(CC(=O)Nc1ccccc1C(=O)NCC1CCCO1)S(=O)(=O)c1ccc(C#N)cc1. The average Bonchev–Trinajstić information content (AvgIpc) is 3.31. The van der Waals surface area contributed by atoms with Crippen LogP contribution < -0.4 is 10.6 Å². The molecule has 1 aliphatic heterocycles. The molecular formula is C22H24N4O5S. The molecule has 1 unspecified atom stereocenters. The molecule has 2 amide bonds. The van der Waals surface area contributed by atoms with E-state index in [1.54, 1.807) is 24.3 Å². The molecule has 1 heterocycles. The number of nitrogens with zero attached hydrogens (tertiary/aromatic N) is 2. The smallest absolute Gasteiger partial charge is 0.253 e. The van der Waals surface area contributed by atoms with E-state index >= 15 is 0 Å². The number of nitriles is 1. The highest BCUT2D eigenvalue weighted by molar-refractivity contribution is 7.89. The van der Waals surface area contributed by atoms with Crippen LogP contribution in [0.1, 0.15) is 28.8 Å². The Labute approximate surface area is 187 Å². The number of nitrogens with one attached hydrogen (secondary N) is 2. The first-order chi connectivity index (χ1) is 15.3. The van der Waals surface area contributed by atoms with Gasteiger partial charge in [0, 0.05) is 20.2 Å². The predicted molar refractivity (Wildman–Crippen MR) is 117 cm³/mol. The Bertz CT molecular complexity index is 1120. The molecule has 1 fully saturated rings. The molecule has 1 aliphatic rings. The van der Waals surface area contributed by atoms with E-state index in [1.165, 1.54) is 31.3 Å². The third-order valence-corrected chi connectivity index (χ3v) is 6.84. The maximum absolute atomic E-state index is 12.7. The number of para-hydroxylation sites is 1. The van der Waals surface area contributed by atoms with Crippen LogP contribution in [0, 0.1) is 11.3 Å². The molecule has 1 saturated heterocycles. The number of likely N-dealkylation sites (N-methyl/N-ethyl adjacent to an activating group) is 1. The zero-order valence-electron chi connectivity index (χ0n) is 17.6. The molecular weight excluding hydrogens is 432 g/mol. The van der Waals surface area contributed by atoms with Crippen LogP contribution in [0.2, 0.25) is 0 Å². The summed E-state index contributed by atoms with van der Waals surface area (Å²) >= 11 is 0. The van der Waals surface area contributed by atoms with Crippen molar-refractivity contribution >= 4 is 27.5 Å². The van der Waals surface area contributed by atoms with Crippen LogP contribution in [0.25, 0.3) is 0 Å². The quantitative estimate of drug-likeness (QED) is 0.622. The number of sulfonamides is 1. The fourth-order valence-corrected chi connectivity index (χ4v) is 4.38. The van der Waals surface area contributed by atoms with Crippen molar-refractivity contribution in [2.75, 3.05) is 32.1 Å². The average molecular weight is 457 g/mol. The standard InChI is InChI=1S/C22H24N4O5S/c1-26(32(29,30)18-10-8-16(13-23)9-11-18)15-21(27)25-20-7-3-2-6-19(20)22(28)24-14-17-5-4-12-31-17/h2-3,6-11,17H,4-5,12,14-15H2,1H3,(H,24,28)(H,25,27). The minimum atomic E-state index is -3.93. The minimum Gasteiger partial charge on any atom is -0.376 e. The van der Waals surface area contributed by atoms with Gasteiger partial charge in [0.05, 0.1) is 40.4 Å². The lowest BCUT2D eigenvalue weighted by molar-refractivity contribution is -0.116. The first kappa shape index (κ1) is 23.4. The molecule has 0 spiro atoms. The Morgan fingerprint density at radius 3 is 2.56 bits per heavy atom. The fraction of sp³-hybridized carbons (Fsp3) is 0.318. The van der Waals surface area contributed by atoms with Gasteiger partial charge in [-0.1, -0.05) is 12.1 Å². The molecule has 0 aromatic heterocycles. The molecule has 0 saturated carbocycles. The van der Waals surface area contributed by atoms with Crippen molar-refractivity contribution in [1.29, 1.82) is 5.26 Å². The monoisotopic (exact) mass is 456 g/mol. The molecule has 10 heteroatoms. The molecule has 0 aliphatic carbocycles. The normalized spacial score (nSPS) is 15.8. The summed E-state index contributed by atoms with van der Waals surface area (Å²) in [6.45, 7) is 0.618. The Morgan fingerprint density at radius 1 is 1.19 bits per heavy atom. The van der Waals surface area contributed by atoms with E-state index in [0.29, 0.717) is 18.7 Å². The number of amides is 2. The second kappa shape index (κ2) is 10.4. The van der Waals surface area contributed by atoms with Crippen LogP contribution in [-0.4, -0.2) is 57.4 Å². The van der Waals surface area contributed by atoms with Gasteiger partial charge in [0.1, 0.15) is 0 Å². The van der Waals surface area contributed by atoms with Gasteiger partial charge in [0.15, 0.2) is 0 Å². The zero-order valence-corrected chi connectivity index (χ0v) is 18.4. The molecule has 0 radical (unpaired) electrons. The van der Waals surface area contributed by atoms with E-state index in [2.05, 4.69) is 10.6 Å². The Morgan fingerprint density at radius 2 is 1.91 bits per heavy atom. The summed E-state index contributed by atoms with van der Waals surface area (Å²) in [5, 5.41) is 14.3. The minimum absolute atomic E-state index is 0.0122. The van der Waals surface area contributed by atoms with E-state index in [-0.39, 0.29) is 28.2 Å². The van der Waals surface area contributed by atoms with Crippen molar-refractivity contribution in [3.63, 3.8) is 0 Å². The second-order valence-corrected chi connectivity index (χ2v) is 9.38. The van der Waals surface area contributed by atoms with Gasteiger partial charge >= 0.3 is 0 Å². The lowest BCUT2D eigenvalue weighted by Crippen LogP contribution is -2.36. The maximum atomic E-state index is 12.7. The molecule has 32 heavy (non-hydrogen) atoms. The van der Waals surface area contributed by atoms with Crippen LogP contribution in [0.5, 0.6) is 0 Å². The highest BCUT2D eigenvalue weighted by atomic mass is 32.2. The Hall–Kier alpha value is -3.26. The number of hydrogen-bond acceptors (Lipinski definition) is 6. The van der Waals surface area contributed by atoms with Crippen molar-refractivity contribution in [2.45, 2.75) is 23.8 Å². The molecule has 1 atom stereocenters. The third-order valence-electron chi connectivity index (χ3n) is 5.02. The highest BCUT2D eigenvalue weighted by Crippen LogP contribution is 2.18. The van der Waals surface area contributed by atoms with E-state index in [0.717, 1.165) is 17.1 Å². The van der Waals surface area contributed by atoms with Crippen molar-refractivity contribution in [1.82, 2.24) is 9.62 Å². The van der Waals surface area contributed by atoms with Gasteiger partial charge in [-0.2, -0.15) is 9.57 Å². The van der Waals surface area contributed by atoms with Crippen molar-refractivity contribution in [3.8, 4) is 6.07 Å². The summed E-state index contributed by atoms with van der Waals surface area (Å²) in [5.41, 5.74) is 0.890. The van der Waals surface area contributed by atoms with Gasteiger partial charge in [0.2, 0.25) is 15.9 Å². The fourth-order valence-electron chi connectivity index (χ4n) is 3.26. The van der Waals surface area contributed by atoms with Crippen LogP contribution in [0.15, 0.2) is 53.4 Å². The Balaban J connectivity index is 1.64. The zero-order chi connectivity index (χ0) is 23.1. The van der Waals surface area contributed by atoms with E-state index in [4.69, 9.17) is 10.00 Å². The molecule has 168 valence electrons. The largest absolute Gasteiger partial charge is 0.376 e. The van der Waals surface area contributed by atoms with Crippen molar-refractivity contribution in [2.24, 2.45) is 0 Å². The first-order valence-corrected chi connectivity index (χ1v) is 11.5. The summed E-state index contributed by atoms with van der Waals surface area (Å²) in [6.07, 6.45) is 1.84. The predicted octanol–water partition coefficient (Wildman–Crippen LogP) is 1.73. The van der Waals surface area contributed by atoms with Gasteiger partial charge in [-0.3, -0.25) is 9.59 Å². The van der Waals surface area contributed by atoms with Crippen LogP contribution >= 0.6 is 0 Å². The number of anilines is 1. The van der Waals surface area contributed by atoms with Gasteiger partial charge < -0.3 is 15.4 Å². The van der Waals surface area contributed by atoms with Gasteiger partial charge in [-0.25, -0.2) is 8.42 Å². The van der Waals surface area contributed by atoms with Crippen LogP contribution in [0.4, 0.5) is 5.69 Å². The number of carbonyl (C=O) groups excluding carboxylic acids is 2. The van der Waals surface area contributed by atoms with Crippen LogP contribution in [0.3, 0.4) is 0 Å². The number of hydrogen-bond donors (Lipinski definition) is 2. The number of ether oxygens (including phenoxy) is 1. The molecule has 0 bridgehead atoms. The van der Waals surface area contributed by atoms with E-state index in [1.807, 2.05) is 6.07 Å². The molecule has 2 aromatic carbocycles. The number of rotatable bonds is 8. The summed E-state index contributed by atoms with van der Waals surface area (Å²) in [5.74, 6) is -0.945. The van der Waals surface area contributed by atoms with Crippen LogP contribution in [-0.2, 0) is 19.6 Å². The first-order valence-electron chi connectivity index (χ1n) is 10.1. The Kier molecular flexibility index (Phi) is 7.58. The number of benzene rings is 2. The summed E-state index contributed by atoms with van der Waals surface area (Å²) in [7, 11) is -2.64. The maximum Gasteiger partial charge on any atom is 0.253 e. The van der Waals surface area contributed by atoms with E-state index < -0.39 is 22.5 Å². The summed E-state index contributed by atoms with van der Waals surface area (Å²) in [6, 6.07) is 13.8. The van der Waals surface area contributed by atoms with Gasteiger partial charge in [-0.15, -0.1) is 0 Å².